The zero-order chi connectivity index (χ0) is 32.9. The van der Waals surface area contributed by atoms with E-state index in [1.165, 1.54) is 16.8 Å². The van der Waals surface area contributed by atoms with Gasteiger partial charge in [-0.2, -0.15) is 5.26 Å². The zero-order valence-electron chi connectivity index (χ0n) is 27.4. The number of imidazole rings is 1. The summed E-state index contributed by atoms with van der Waals surface area (Å²) in [6, 6.07) is 43.7. The first-order chi connectivity index (χ1) is 23.4. The topological polar surface area (TPSA) is 67.6 Å². The van der Waals surface area contributed by atoms with Crippen molar-refractivity contribution in [1.82, 2.24) is 14.5 Å². The summed E-state index contributed by atoms with van der Waals surface area (Å²) in [6.07, 6.45) is 0. The molecule has 48 heavy (non-hydrogen) atoms. The Bertz CT molecular complexity index is 2480. The van der Waals surface area contributed by atoms with Gasteiger partial charge in [0, 0.05) is 16.3 Å². The largest absolute Gasteiger partial charge is 0.437 e. The molecule has 8 aromatic rings. The summed E-state index contributed by atoms with van der Waals surface area (Å²) in [6.45, 7) is 9.02. The van der Waals surface area contributed by atoms with Crippen LogP contribution in [0.3, 0.4) is 0 Å². The van der Waals surface area contributed by atoms with Crippen LogP contribution in [0.25, 0.3) is 72.6 Å². The van der Waals surface area contributed by atoms with E-state index in [1.807, 2.05) is 30.3 Å². The van der Waals surface area contributed by atoms with Gasteiger partial charge in [0.15, 0.2) is 0 Å². The lowest BCUT2D eigenvalue weighted by molar-refractivity contribution is 0.655. The zero-order valence-corrected chi connectivity index (χ0v) is 27.4. The summed E-state index contributed by atoms with van der Waals surface area (Å²) in [5, 5.41) is 11.1. The van der Waals surface area contributed by atoms with Crippen molar-refractivity contribution in [3.63, 3.8) is 0 Å². The Morgan fingerprint density at radius 3 is 1.96 bits per heavy atom. The van der Waals surface area contributed by atoms with Crippen molar-refractivity contribution < 1.29 is 4.42 Å². The van der Waals surface area contributed by atoms with E-state index in [2.05, 4.69) is 129 Å². The van der Waals surface area contributed by atoms with Crippen LogP contribution < -0.4 is 0 Å². The van der Waals surface area contributed by atoms with Crippen molar-refractivity contribution in [1.29, 1.82) is 5.26 Å². The summed E-state index contributed by atoms with van der Waals surface area (Å²) >= 11 is 0. The molecule has 3 heterocycles. The van der Waals surface area contributed by atoms with Gasteiger partial charge in [0.25, 0.3) is 0 Å². The van der Waals surface area contributed by atoms with Crippen molar-refractivity contribution in [3.05, 3.63) is 138 Å². The summed E-state index contributed by atoms with van der Waals surface area (Å²) in [5.41, 5.74) is 12.7. The molecule has 0 fully saturated rings. The number of furan rings is 1. The highest BCUT2D eigenvalue weighted by Gasteiger charge is 2.24. The molecule has 5 aromatic carbocycles. The molecule has 0 unspecified atom stereocenters. The number of fused-ring (bicyclic) bond motifs is 4. The average molecular weight is 623 g/mol. The highest BCUT2D eigenvalue weighted by atomic mass is 16.3. The summed E-state index contributed by atoms with van der Waals surface area (Å²) in [5.74, 6) is 1.51. The summed E-state index contributed by atoms with van der Waals surface area (Å²) < 4.78 is 9.01. The lowest BCUT2D eigenvalue weighted by Gasteiger charge is -2.22. The van der Waals surface area contributed by atoms with Gasteiger partial charge in [-0.25, -0.2) is 9.97 Å². The number of aromatic nitrogens is 3. The Hall–Kier alpha value is -5.99. The summed E-state index contributed by atoms with van der Waals surface area (Å²) in [4.78, 5) is 10.3. The smallest absolute Gasteiger partial charge is 0.227 e. The van der Waals surface area contributed by atoms with Crippen LogP contribution in [0.5, 0.6) is 0 Å². The fourth-order valence-corrected chi connectivity index (χ4v) is 6.79. The fourth-order valence-electron chi connectivity index (χ4n) is 6.79. The molecular formula is C43H34N4O. The number of nitrogens with zero attached hydrogens (tertiary/aromatic N) is 4. The third-order valence-electron chi connectivity index (χ3n) is 9.26. The first-order valence-electron chi connectivity index (χ1n) is 16.5. The van der Waals surface area contributed by atoms with Gasteiger partial charge in [0.05, 0.1) is 39.6 Å². The number of para-hydroxylation sites is 4. The molecule has 232 valence electrons. The first-order valence-corrected chi connectivity index (χ1v) is 16.5. The van der Waals surface area contributed by atoms with Crippen molar-refractivity contribution >= 4 is 33.1 Å². The highest BCUT2D eigenvalue weighted by molar-refractivity contribution is 6.09. The highest BCUT2D eigenvalue weighted by Crippen LogP contribution is 2.41. The maximum Gasteiger partial charge on any atom is 0.227 e. The lowest BCUT2D eigenvalue weighted by Crippen LogP contribution is -2.08. The molecule has 0 radical (unpaired) electrons. The van der Waals surface area contributed by atoms with Crippen LogP contribution in [0.1, 0.15) is 56.2 Å². The molecule has 8 rings (SSSR count). The van der Waals surface area contributed by atoms with E-state index < -0.39 is 0 Å². The van der Waals surface area contributed by atoms with E-state index in [0.29, 0.717) is 23.1 Å². The van der Waals surface area contributed by atoms with Crippen LogP contribution in [-0.4, -0.2) is 14.5 Å². The van der Waals surface area contributed by atoms with Gasteiger partial charge in [0.1, 0.15) is 11.4 Å². The molecule has 0 amide bonds. The average Bonchev–Trinajstić information content (AvgIpc) is 3.69. The molecule has 0 saturated heterocycles. The molecule has 3 aromatic heterocycles. The van der Waals surface area contributed by atoms with Gasteiger partial charge in [-0.3, -0.25) is 4.57 Å². The molecule has 0 N–H and O–H groups in total. The third-order valence-corrected chi connectivity index (χ3v) is 9.26. The van der Waals surface area contributed by atoms with E-state index in [4.69, 9.17) is 19.6 Å². The minimum absolute atomic E-state index is 0.329. The second kappa shape index (κ2) is 11.7. The number of benzene rings is 5. The molecule has 5 nitrogen and oxygen atoms in total. The van der Waals surface area contributed by atoms with Gasteiger partial charge >= 0.3 is 0 Å². The van der Waals surface area contributed by atoms with Crippen molar-refractivity contribution in [2.75, 3.05) is 0 Å². The predicted molar refractivity (Wildman–Crippen MR) is 195 cm³/mol. The van der Waals surface area contributed by atoms with Gasteiger partial charge < -0.3 is 4.42 Å². The SMILES string of the molecule is CC(C)c1cccc(C(C)C)c1-n1c(-c2cccc3c2oc2nc(-c4ccc(-c5ccc(C#N)cc5)cc4)ccc23)nc2ccccc21. The van der Waals surface area contributed by atoms with Crippen LogP contribution in [0, 0.1) is 11.3 Å². The third kappa shape index (κ3) is 4.85. The van der Waals surface area contributed by atoms with E-state index >= 15 is 0 Å². The first kappa shape index (κ1) is 29.4. The van der Waals surface area contributed by atoms with Gasteiger partial charge in [-0.05, 0) is 76.6 Å². The fraction of sp³-hybridized carbons (Fsp3) is 0.140. The number of rotatable bonds is 6. The monoisotopic (exact) mass is 622 g/mol. The molecule has 0 spiro atoms. The van der Waals surface area contributed by atoms with Crippen molar-refractivity contribution in [2.24, 2.45) is 0 Å². The molecular weight excluding hydrogens is 589 g/mol. The van der Waals surface area contributed by atoms with Crippen LogP contribution in [0.15, 0.2) is 126 Å². The minimum Gasteiger partial charge on any atom is -0.437 e. The van der Waals surface area contributed by atoms with Crippen LogP contribution in [0.4, 0.5) is 0 Å². The second-order valence-electron chi connectivity index (χ2n) is 13.0. The quantitative estimate of drug-likeness (QED) is 0.185. The molecule has 0 aliphatic carbocycles. The number of hydrogen-bond donors (Lipinski definition) is 0. The standard InChI is InChI=1S/C43H34N4O/c1-26(2)32-9-7-10-33(27(3)4)40(32)47-39-14-6-5-13-38(39)45-42(47)36-12-8-11-34-35-23-24-37(46-43(35)48-41(34)36)31-21-19-30(20-22-31)29-17-15-28(25-44)16-18-29/h5-24,26-27H,1-4H3. The van der Waals surface area contributed by atoms with E-state index in [1.54, 1.807) is 0 Å². The van der Waals surface area contributed by atoms with Gasteiger partial charge in [-0.1, -0.05) is 107 Å². The van der Waals surface area contributed by atoms with Gasteiger partial charge in [0.2, 0.25) is 5.71 Å². The molecule has 5 heteroatoms. The number of pyridine rings is 1. The van der Waals surface area contributed by atoms with Gasteiger partial charge in [-0.15, -0.1) is 0 Å². The van der Waals surface area contributed by atoms with Crippen molar-refractivity contribution in [2.45, 2.75) is 39.5 Å². The normalized spacial score (nSPS) is 11.7. The Labute approximate surface area is 279 Å². The maximum atomic E-state index is 9.13. The molecule has 0 bridgehead atoms. The molecule has 0 atom stereocenters. The molecule has 0 aliphatic heterocycles. The van der Waals surface area contributed by atoms with E-state index in [9.17, 15) is 0 Å². The van der Waals surface area contributed by atoms with E-state index in [0.717, 1.165) is 61.2 Å². The number of hydrogen-bond acceptors (Lipinski definition) is 4. The lowest BCUT2D eigenvalue weighted by atomic mass is 9.92. The minimum atomic E-state index is 0.329. The Kier molecular flexibility index (Phi) is 7.15. The van der Waals surface area contributed by atoms with Crippen LogP contribution in [-0.2, 0) is 0 Å². The van der Waals surface area contributed by atoms with Crippen molar-refractivity contribution in [3.8, 4) is 45.5 Å². The van der Waals surface area contributed by atoms with E-state index in [-0.39, 0.29) is 0 Å². The Balaban J connectivity index is 1.28. The van der Waals surface area contributed by atoms with Crippen LogP contribution >= 0.6 is 0 Å². The Morgan fingerprint density at radius 1 is 0.625 bits per heavy atom. The summed E-state index contributed by atoms with van der Waals surface area (Å²) in [7, 11) is 0. The predicted octanol–water partition coefficient (Wildman–Crippen LogP) is 11.4. The second-order valence-corrected chi connectivity index (χ2v) is 13.0. The number of nitriles is 1. The molecule has 0 saturated carbocycles. The Morgan fingerprint density at radius 2 is 1.27 bits per heavy atom. The maximum absolute atomic E-state index is 9.13. The van der Waals surface area contributed by atoms with Crippen LogP contribution in [0.2, 0.25) is 0 Å². The molecule has 0 aliphatic rings.